The third-order valence-corrected chi connectivity index (χ3v) is 9.13. The van der Waals surface area contributed by atoms with E-state index in [-0.39, 0.29) is 75.9 Å². The number of nitrogens with zero attached hydrogens (tertiary/aromatic N) is 1. The molecule has 5 rings (SSSR count). The first-order chi connectivity index (χ1) is 23.2. The van der Waals surface area contributed by atoms with Crippen LogP contribution in [0.1, 0.15) is 50.2 Å². The van der Waals surface area contributed by atoms with Crippen LogP contribution in [0, 0.1) is 11.3 Å². The Morgan fingerprint density at radius 1 is 1.00 bits per heavy atom. The highest BCUT2D eigenvalue weighted by Crippen LogP contribution is 2.43. The van der Waals surface area contributed by atoms with Gasteiger partial charge in [0.2, 0.25) is 11.8 Å². The largest absolute Gasteiger partial charge is 0.493 e. The van der Waals surface area contributed by atoms with Gasteiger partial charge in [0.1, 0.15) is 13.2 Å². The van der Waals surface area contributed by atoms with Crippen LogP contribution < -0.4 is 29.6 Å². The molecule has 2 aliphatic heterocycles. The molecule has 0 aromatic heterocycles. The van der Waals surface area contributed by atoms with E-state index in [0.29, 0.717) is 72.0 Å². The molecule has 2 aromatic carbocycles. The summed E-state index contributed by atoms with van der Waals surface area (Å²) in [5.41, 5.74) is 0.386. The Kier molecular flexibility index (Phi) is 11.9. The SMILES string of the molecule is CCOC(=O)C1(CC2CC2)CNC(=O)CCCN(C(=O)Cc2cc3c(cc2Cl)OCCO3)CCNC(=O)COc2cc(ccc2OC)C1. The van der Waals surface area contributed by atoms with E-state index in [1.807, 2.05) is 6.07 Å². The van der Waals surface area contributed by atoms with E-state index in [1.165, 1.54) is 7.11 Å². The highest BCUT2D eigenvalue weighted by molar-refractivity contribution is 6.31. The Labute approximate surface area is 285 Å². The number of hydrogen-bond donors (Lipinski definition) is 2. The van der Waals surface area contributed by atoms with Crippen molar-refractivity contribution < 1.29 is 42.9 Å². The second-order valence-electron chi connectivity index (χ2n) is 12.5. The van der Waals surface area contributed by atoms with E-state index >= 15 is 0 Å². The lowest BCUT2D eigenvalue weighted by Crippen LogP contribution is -2.46. The molecule has 1 saturated carbocycles. The topological polar surface area (TPSA) is 142 Å². The Hall–Kier alpha value is -4.19. The van der Waals surface area contributed by atoms with Crippen molar-refractivity contribution in [2.45, 2.75) is 51.9 Å². The molecule has 13 heteroatoms. The van der Waals surface area contributed by atoms with Crippen LogP contribution in [0.3, 0.4) is 0 Å². The van der Waals surface area contributed by atoms with E-state index in [0.717, 1.165) is 18.4 Å². The van der Waals surface area contributed by atoms with Crippen molar-refractivity contribution in [1.82, 2.24) is 15.5 Å². The van der Waals surface area contributed by atoms with Crippen molar-refractivity contribution in [3.05, 3.63) is 46.5 Å². The number of carbonyl (C=O) groups excluding carboxylic acids is 4. The molecule has 0 saturated heterocycles. The second kappa shape index (κ2) is 16.3. The molecule has 0 radical (unpaired) electrons. The van der Waals surface area contributed by atoms with Crippen molar-refractivity contribution in [3.8, 4) is 23.0 Å². The molecule has 2 aromatic rings. The summed E-state index contributed by atoms with van der Waals surface area (Å²) < 4.78 is 28.2. The molecule has 3 amide bonds. The Morgan fingerprint density at radius 2 is 1.77 bits per heavy atom. The zero-order valence-corrected chi connectivity index (χ0v) is 28.3. The Balaban J connectivity index is 1.35. The number of esters is 1. The van der Waals surface area contributed by atoms with Gasteiger partial charge in [-0.15, -0.1) is 0 Å². The van der Waals surface area contributed by atoms with Gasteiger partial charge in [-0.05, 0) is 61.4 Å². The number of hydrogen-bond acceptors (Lipinski definition) is 9. The summed E-state index contributed by atoms with van der Waals surface area (Å²) in [7, 11) is 1.51. The van der Waals surface area contributed by atoms with Gasteiger partial charge in [-0.1, -0.05) is 30.5 Å². The van der Waals surface area contributed by atoms with Gasteiger partial charge >= 0.3 is 5.97 Å². The van der Waals surface area contributed by atoms with Gasteiger partial charge < -0.3 is 39.2 Å². The van der Waals surface area contributed by atoms with Crippen LogP contribution in [0.4, 0.5) is 0 Å². The molecule has 2 heterocycles. The Morgan fingerprint density at radius 3 is 2.50 bits per heavy atom. The third-order valence-electron chi connectivity index (χ3n) is 8.78. The summed E-state index contributed by atoms with van der Waals surface area (Å²) in [6, 6.07) is 8.72. The van der Waals surface area contributed by atoms with Crippen LogP contribution in [0.2, 0.25) is 5.02 Å². The summed E-state index contributed by atoms with van der Waals surface area (Å²) in [4.78, 5) is 54.8. The minimum absolute atomic E-state index is 0.00190. The minimum atomic E-state index is -0.994. The molecular weight excluding hydrogens is 642 g/mol. The maximum Gasteiger partial charge on any atom is 0.314 e. The van der Waals surface area contributed by atoms with Crippen LogP contribution in [-0.2, 0) is 36.8 Å². The lowest BCUT2D eigenvalue weighted by molar-refractivity contribution is -0.156. The van der Waals surface area contributed by atoms with E-state index in [1.54, 1.807) is 36.1 Å². The average Bonchev–Trinajstić information content (AvgIpc) is 3.89. The fourth-order valence-corrected chi connectivity index (χ4v) is 6.34. The highest BCUT2D eigenvalue weighted by Gasteiger charge is 2.45. The molecule has 48 heavy (non-hydrogen) atoms. The van der Waals surface area contributed by atoms with Crippen molar-refractivity contribution in [3.63, 3.8) is 0 Å². The van der Waals surface area contributed by atoms with Gasteiger partial charge in [0.15, 0.2) is 29.6 Å². The zero-order valence-electron chi connectivity index (χ0n) is 27.6. The first-order valence-corrected chi connectivity index (χ1v) is 16.9. The van der Waals surface area contributed by atoms with E-state index < -0.39 is 5.41 Å². The predicted molar refractivity (Wildman–Crippen MR) is 177 cm³/mol. The van der Waals surface area contributed by atoms with E-state index in [4.69, 9.17) is 35.3 Å². The maximum absolute atomic E-state index is 13.6. The molecule has 1 atom stereocenters. The molecule has 1 unspecified atom stereocenters. The Bertz CT molecular complexity index is 1500. The number of methoxy groups -OCH3 is 1. The first kappa shape index (κ1) is 35.1. The highest BCUT2D eigenvalue weighted by atomic mass is 35.5. The van der Waals surface area contributed by atoms with Gasteiger partial charge in [-0.2, -0.15) is 0 Å². The summed E-state index contributed by atoms with van der Waals surface area (Å²) in [6.07, 6.45) is 3.43. The van der Waals surface area contributed by atoms with Crippen molar-refractivity contribution in [2.75, 3.05) is 59.7 Å². The lowest BCUT2D eigenvalue weighted by atomic mass is 9.76. The zero-order chi connectivity index (χ0) is 34.1. The fraction of sp³-hybridized carbons (Fsp3) is 0.543. The number of ether oxygens (including phenoxy) is 5. The standard InChI is InChI=1S/C35H44ClN3O9/c1-3-45-34(43)35(19-23-6-7-23)20-24-8-9-27(44-2)28(15-24)48-21-32(41)37-10-12-39(11-4-5-31(40)38-22-35)33(42)17-25-16-29-30(18-26(25)36)47-14-13-46-29/h8-9,15-16,18,23H,3-7,10-14,17,19-22H2,1-2H3,(H,37,41)(H,38,40). The van der Waals surface area contributed by atoms with Gasteiger partial charge in [0.25, 0.3) is 5.91 Å². The minimum Gasteiger partial charge on any atom is -0.493 e. The van der Waals surface area contributed by atoms with Crippen LogP contribution in [0.25, 0.3) is 0 Å². The van der Waals surface area contributed by atoms with Crippen LogP contribution in [0.15, 0.2) is 30.3 Å². The summed E-state index contributed by atoms with van der Waals surface area (Å²) in [5.74, 6) is 1.03. The second-order valence-corrected chi connectivity index (χ2v) is 12.9. The monoisotopic (exact) mass is 685 g/mol. The van der Waals surface area contributed by atoms with Crippen molar-refractivity contribution in [2.24, 2.45) is 11.3 Å². The van der Waals surface area contributed by atoms with Crippen LogP contribution >= 0.6 is 11.6 Å². The van der Waals surface area contributed by atoms with Crippen LogP contribution in [0.5, 0.6) is 23.0 Å². The number of halogens is 1. The van der Waals surface area contributed by atoms with E-state index in [2.05, 4.69) is 10.6 Å². The lowest BCUT2D eigenvalue weighted by Gasteiger charge is -2.32. The van der Waals surface area contributed by atoms with Gasteiger partial charge in [-0.3, -0.25) is 19.2 Å². The quantitative estimate of drug-likeness (QED) is 0.419. The van der Waals surface area contributed by atoms with Gasteiger partial charge in [0.05, 0.1) is 25.6 Å². The van der Waals surface area contributed by atoms with Gasteiger partial charge in [-0.25, -0.2) is 0 Å². The molecule has 260 valence electrons. The molecule has 0 spiro atoms. The van der Waals surface area contributed by atoms with Crippen molar-refractivity contribution >= 4 is 35.3 Å². The summed E-state index contributed by atoms with van der Waals surface area (Å²) in [5, 5.41) is 6.20. The molecule has 2 N–H and O–H groups in total. The van der Waals surface area contributed by atoms with E-state index in [9.17, 15) is 19.2 Å². The fourth-order valence-electron chi connectivity index (χ4n) is 6.12. The number of benzene rings is 2. The number of amides is 3. The summed E-state index contributed by atoms with van der Waals surface area (Å²) >= 11 is 6.49. The molecule has 3 aliphatic rings. The average molecular weight is 686 g/mol. The smallest absolute Gasteiger partial charge is 0.314 e. The van der Waals surface area contributed by atoms with Gasteiger partial charge in [0, 0.05) is 43.7 Å². The molecule has 1 fully saturated rings. The number of nitrogens with one attached hydrogen (secondary N) is 2. The molecule has 12 nitrogen and oxygen atoms in total. The molecule has 1 aliphatic carbocycles. The predicted octanol–water partition coefficient (Wildman–Crippen LogP) is 3.49. The number of rotatable bonds is 7. The van der Waals surface area contributed by atoms with Crippen LogP contribution in [-0.4, -0.2) is 88.3 Å². The molecular formula is C35H44ClN3O9. The third kappa shape index (κ3) is 9.24. The molecule has 2 bridgehead atoms. The number of carbonyl (C=O) groups is 4. The maximum atomic E-state index is 13.6. The summed E-state index contributed by atoms with van der Waals surface area (Å²) in [6.45, 7) is 3.29. The van der Waals surface area contributed by atoms with Crippen molar-refractivity contribution in [1.29, 1.82) is 0 Å². The normalized spacial score (nSPS) is 20.7. The first-order valence-electron chi connectivity index (χ1n) is 16.6. The number of fused-ring (bicyclic) bond motifs is 3.